The topological polar surface area (TPSA) is 75.2 Å². The Morgan fingerprint density at radius 3 is 2.62 bits per heavy atom. The van der Waals surface area contributed by atoms with E-state index >= 15 is 0 Å². The molecule has 3 heterocycles. The third-order valence-corrected chi connectivity index (χ3v) is 9.45. The molecule has 0 bridgehead atoms. The van der Waals surface area contributed by atoms with Crippen molar-refractivity contribution in [2.75, 3.05) is 18.4 Å². The van der Waals surface area contributed by atoms with Crippen molar-refractivity contribution in [2.24, 2.45) is 0 Å². The fraction of sp³-hybridized carbons (Fsp3) is 0.667. The number of nitrogens with zero attached hydrogens (tertiary/aromatic N) is 3. The van der Waals surface area contributed by atoms with Gasteiger partial charge in [0.2, 0.25) is 10.0 Å². The molecular formula is C18H24N4O2S2. The van der Waals surface area contributed by atoms with E-state index in [1.165, 1.54) is 28.7 Å². The second kappa shape index (κ2) is 6.42. The summed E-state index contributed by atoms with van der Waals surface area (Å²) in [5.74, 6) is 0.943. The minimum Gasteiger partial charge on any atom is -0.367 e. The van der Waals surface area contributed by atoms with Crippen LogP contribution in [-0.4, -0.2) is 47.1 Å². The number of aryl methyl sites for hydroxylation is 2. The van der Waals surface area contributed by atoms with Crippen LogP contribution in [0.4, 0.5) is 5.82 Å². The number of rotatable bonds is 4. The first-order valence-corrected chi connectivity index (χ1v) is 12.0. The van der Waals surface area contributed by atoms with E-state index < -0.39 is 10.0 Å². The summed E-state index contributed by atoms with van der Waals surface area (Å²) in [5.41, 5.74) is 1.44. The van der Waals surface area contributed by atoms with Crippen molar-refractivity contribution in [3.63, 3.8) is 0 Å². The van der Waals surface area contributed by atoms with Gasteiger partial charge in [0.05, 0.1) is 10.6 Å². The zero-order valence-electron chi connectivity index (χ0n) is 14.8. The third kappa shape index (κ3) is 2.92. The SMILES string of the molecule is O=S(=O)(C1CC1)N1CCC(Nc2ncnc3sc4c(c23)CCCC4)CC1. The number of fused-ring (bicyclic) bond motifs is 3. The largest absolute Gasteiger partial charge is 0.367 e. The zero-order valence-corrected chi connectivity index (χ0v) is 16.4. The molecule has 0 radical (unpaired) electrons. The number of nitrogens with one attached hydrogen (secondary N) is 1. The molecule has 3 aliphatic rings. The maximum Gasteiger partial charge on any atom is 0.216 e. The molecule has 6 nitrogen and oxygen atoms in total. The molecule has 0 aromatic carbocycles. The van der Waals surface area contributed by atoms with Gasteiger partial charge < -0.3 is 5.32 Å². The fourth-order valence-corrected chi connectivity index (χ4v) is 7.33. The quantitative estimate of drug-likeness (QED) is 0.866. The molecule has 0 unspecified atom stereocenters. The maximum atomic E-state index is 12.4. The molecule has 2 fully saturated rings. The summed E-state index contributed by atoms with van der Waals surface area (Å²) < 4.78 is 26.5. The maximum absolute atomic E-state index is 12.4. The van der Waals surface area contributed by atoms with E-state index in [1.54, 1.807) is 10.6 Å². The molecule has 2 aliphatic carbocycles. The van der Waals surface area contributed by atoms with Gasteiger partial charge in [0.15, 0.2) is 0 Å². The lowest BCUT2D eigenvalue weighted by Gasteiger charge is -2.32. The summed E-state index contributed by atoms with van der Waals surface area (Å²) in [6, 6.07) is 0.276. The van der Waals surface area contributed by atoms with Crippen molar-refractivity contribution < 1.29 is 8.42 Å². The Morgan fingerprint density at radius 2 is 1.85 bits per heavy atom. The van der Waals surface area contributed by atoms with Crippen LogP contribution in [0.2, 0.25) is 0 Å². The average Bonchev–Trinajstić information content (AvgIpc) is 3.44. The van der Waals surface area contributed by atoms with Crippen molar-refractivity contribution in [3.8, 4) is 0 Å². The van der Waals surface area contributed by atoms with Crippen molar-refractivity contribution in [1.29, 1.82) is 0 Å². The van der Waals surface area contributed by atoms with Crippen LogP contribution in [0.5, 0.6) is 0 Å². The summed E-state index contributed by atoms with van der Waals surface area (Å²) in [6.07, 6.45) is 9.79. The number of sulfonamides is 1. The summed E-state index contributed by atoms with van der Waals surface area (Å²) in [5, 5.41) is 4.71. The molecular weight excluding hydrogens is 368 g/mol. The highest BCUT2D eigenvalue weighted by Gasteiger charge is 2.41. The molecule has 26 heavy (non-hydrogen) atoms. The van der Waals surface area contributed by atoms with Crippen LogP contribution < -0.4 is 5.32 Å². The van der Waals surface area contributed by atoms with Crippen LogP contribution in [0.3, 0.4) is 0 Å². The smallest absolute Gasteiger partial charge is 0.216 e. The number of anilines is 1. The van der Waals surface area contributed by atoms with Crippen molar-refractivity contribution in [1.82, 2.24) is 14.3 Å². The highest BCUT2D eigenvalue weighted by Crippen LogP contribution is 2.39. The first-order valence-electron chi connectivity index (χ1n) is 9.63. The number of hydrogen-bond acceptors (Lipinski definition) is 6. The molecule has 2 aromatic heterocycles. The van der Waals surface area contributed by atoms with Crippen LogP contribution in [-0.2, 0) is 22.9 Å². The molecule has 1 aliphatic heterocycles. The molecule has 0 spiro atoms. The van der Waals surface area contributed by atoms with E-state index in [4.69, 9.17) is 0 Å². The first kappa shape index (κ1) is 16.9. The van der Waals surface area contributed by atoms with Gasteiger partial charge in [0.1, 0.15) is 17.0 Å². The predicted molar refractivity (Wildman–Crippen MR) is 104 cm³/mol. The Kier molecular flexibility index (Phi) is 4.17. The molecule has 1 N–H and O–H groups in total. The molecule has 0 amide bonds. The van der Waals surface area contributed by atoms with Crippen molar-refractivity contribution >= 4 is 37.4 Å². The molecule has 1 saturated carbocycles. The predicted octanol–water partition coefficient (Wildman–Crippen LogP) is 2.94. The van der Waals surface area contributed by atoms with Crippen LogP contribution in [0.25, 0.3) is 10.2 Å². The molecule has 2 aromatic rings. The first-order chi connectivity index (χ1) is 12.6. The standard InChI is InChI=1S/C18H24N4O2S2/c23-26(24,13-5-6-13)22-9-7-12(8-10-22)21-17-16-14-3-1-2-4-15(14)25-18(16)20-11-19-17/h11-13H,1-10H2,(H,19,20,21). The summed E-state index contributed by atoms with van der Waals surface area (Å²) in [4.78, 5) is 11.6. The van der Waals surface area contributed by atoms with Gasteiger partial charge in [-0.1, -0.05) is 0 Å². The van der Waals surface area contributed by atoms with E-state index in [0.717, 1.165) is 49.2 Å². The van der Waals surface area contributed by atoms with Crippen LogP contribution in [0.15, 0.2) is 6.33 Å². The zero-order chi connectivity index (χ0) is 17.7. The Bertz CT molecular complexity index is 928. The second-order valence-electron chi connectivity index (χ2n) is 7.68. The molecule has 0 atom stereocenters. The molecule has 8 heteroatoms. The van der Waals surface area contributed by atoms with Gasteiger partial charge in [0, 0.05) is 24.0 Å². The highest BCUT2D eigenvalue weighted by molar-refractivity contribution is 7.90. The lowest BCUT2D eigenvalue weighted by Crippen LogP contribution is -2.43. The number of piperidine rings is 1. The second-order valence-corrected chi connectivity index (χ2v) is 11.0. The van der Waals surface area contributed by atoms with Gasteiger partial charge >= 0.3 is 0 Å². The van der Waals surface area contributed by atoms with Crippen molar-refractivity contribution in [3.05, 3.63) is 16.8 Å². The van der Waals surface area contributed by atoms with Crippen LogP contribution in [0, 0.1) is 0 Å². The third-order valence-electron chi connectivity index (χ3n) is 5.85. The van der Waals surface area contributed by atoms with Gasteiger partial charge in [0.25, 0.3) is 0 Å². The van der Waals surface area contributed by atoms with Gasteiger partial charge in [-0.3, -0.25) is 0 Å². The van der Waals surface area contributed by atoms with E-state index in [-0.39, 0.29) is 11.3 Å². The van der Waals surface area contributed by atoms with Crippen molar-refractivity contribution in [2.45, 2.75) is 62.7 Å². The Morgan fingerprint density at radius 1 is 1.08 bits per heavy atom. The number of hydrogen-bond donors (Lipinski definition) is 1. The van der Waals surface area contributed by atoms with Crippen LogP contribution >= 0.6 is 11.3 Å². The van der Waals surface area contributed by atoms with Gasteiger partial charge in [-0.25, -0.2) is 22.7 Å². The molecule has 5 rings (SSSR count). The Labute approximate surface area is 158 Å². The lowest BCUT2D eigenvalue weighted by atomic mass is 9.97. The minimum absolute atomic E-state index is 0.106. The van der Waals surface area contributed by atoms with E-state index in [1.807, 2.05) is 11.3 Å². The number of aromatic nitrogens is 2. The molecule has 140 valence electrons. The average molecular weight is 393 g/mol. The summed E-state index contributed by atoms with van der Waals surface area (Å²) >= 11 is 1.81. The normalized spacial score (nSPS) is 22.5. The Hall–Kier alpha value is -1.25. The fourth-order valence-electron chi connectivity index (χ4n) is 4.22. The van der Waals surface area contributed by atoms with Gasteiger partial charge in [-0.15, -0.1) is 11.3 Å². The lowest BCUT2D eigenvalue weighted by molar-refractivity contribution is 0.329. The van der Waals surface area contributed by atoms with E-state index in [0.29, 0.717) is 13.1 Å². The molecule has 1 saturated heterocycles. The van der Waals surface area contributed by atoms with Crippen LogP contribution in [0.1, 0.15) is 49.0 Å². The van der Waals surface area contributed by atoms with E-state index in [2.05, 4.69) is 15.3 Å². The Balaban J connectivity index is 1.34. The monoisotopic (exact) mass is 392 g/mol. The van der Waals surface area contributed by atoms with Gasteiger partial charge in [-0.2, -0.15) is 0 Å². The summed E-state index contributed by atoms with van der Waals surface area (Å²) in [7, 11) is -3.04. The number of thiophene rings is 1. The van der Waals surface area contributed by atoms with E-state index in [9.17, 15) is 8.42 Å². The minimum atomic E-state index is -3.04. The van der Waals surface area contributed by atoms with Gasteiger partial charge in [-0.05, 0) is 56.9 Å². The highest BCUT2D eigenvalue weighted by atomic mass is 32.2. The summed E-state index contributed by atoms with van der Waals surface area (Å²) in [6.45, 7) is 1.24.